The first-order valence-corrected chi connectivity index (χ1v) is 9.86. The summed E-state index contributed by atoms with van der Waals surface area (Å²) in [7, 11) is 0. The van der Waals surface area contributed by atoms with Crippen LogP contribution in [0.25, 0.3) is 11.0 Å². The Morgan fingerprint density at radius 1 is 1.07 bits per heavy atom. The summed E-state index contributed by atoms with van der Waals surface area (Å²) in [4.78, 5) is 9.64. The van der Waals surface area contributed by atoms with E-state index in [2.05, 4.69) is 9.97 Å². The van der Waals surface area contributed by atoms with Crippen molar-refractivity contribution in [1.29, 1.82) is 0 Å². The molecular formula is C21H15ClN2O3S. The third-order valence-corrected chi connectivity index (χ3v) is 5.97. The maximum atomic E-state index is 11.1. The van der Waals surface area contributed by atoms with Crippen molar-refractivity contribution in [3.05, 3.63) is 77.1 Å². The van der Waals surface area contributed by atoms with Crippen molar-refractivity contribution in [2.75, 3.05) is 6.79 Å². The second-order valence-electron chi connectivity index (χ2n) is 6.34. The summed E-state index contributed by atoms with van der Waals surface area (Å²) in [6.07, 6.45) is 0.866. The second-order valence-corrected chi connectivity index (χ2v) is 7.86. The van der Waals surface area contributed by atoms with E-state index in [1.54, 1.807) is 18.0 Å². The highest BCUT2D eigenvalue weighted by atomic mass is 35.5. The molecule has 0 radical (unpaired) electrons. The van der Waals surface area contributed by atoms with Crippen LogP contribution in [0.15, 0.2) is 70.6 Å². The van der Waals surface area contributed by atoms with Gasteiger partial charge < -0.3 is 19.6 Å². The molecular weight excluding hydrogens is 396 g/mol. The molecule has 0 fully saturated rings. The lowest BCUT2D eigenvalue weighted by Crippen LogP contribution is -2.01. The molecule has 1 aliphatic heterocycles. The molecule has 0 bridgehead atoms. The minimum Gasteiger partial charge on any atom is -0.454 e. The molecule has 3 heterocycles. The number of aromatic nitrogens is 2. The summed E-state index contributed by atoms with van der Waals surface area (Å²) in [6.45, 7) is 0.197. The normalized spacial score (nSPS) is 13.8. The fraction of sp³-hybridized carbons (Fsp3) is 0.0952. The Labute approximate surface area is 170 Å². The fourth-order valence-electron chi connectivity index (χ4n) is 3.19. The average molecular weight is 411 g/mol. The highest BCUT2D eigenvalue weighted by Crippen LogP contribution is 2.42. The summed E-state index contributed by atoms with van der Waals surface area (Å²) in [5.74, 6) is 1.32. The molecule has 0 aliphatic carbocycles. The van der Waals surface area contributed by atoms with Crippen molar-refractivity contribution >= 4 is 34.4 Å². The van der Waals surface area contributed by atoms with E-state index in [1.165, 1.54) is 0 Å². The Hall–Kier alpha value is -2.67. The van der Waals surface area contributed by atoms with Gasteiger partial charge >= 0.3 is 0 Å². The molecule has 5 rings (SSSR count). The smallest absolute Gasteiger partial charge is 0.231 e. The molecule has 2 aromatic heterocycles. The number of nitrogens with one attached hydrogen (secondary N) is 1. The minimum atomic E-state index is -0.862. The Bertz CT molecular complexity index is 1160. The number of H-pyrrole nitrogens is 1. The second kappa shape index (κ2) is 7.05. The van der Waals surface area contributed by atoms with Gasteiger partial charge in [0.05, 0.1) is 5.69 Å². The van der Waals surface area contributed by atoms with E-state index in [9.17, 15) is 5.11 Å². The fourth-order valence-corrected chi connectivity index (χ4v) is 4.37. The van der Waals surface area contributed by atoms with Crippen molar-refractivity contribution < 1.29 is 14.6 Å². The van der Waals surface area contributed by atoms with Crippen LogP contribution in [0.4, 0.5) is 0 Å². The van der Waals surface area contributed by atoms with Crippen LogP contribution in [0.1, 0.15) is 17.4 Å². The third kappa shape index (κ3) is 3.09. The lowest BCUT2D eigenvalue weighted by molar-refractivity contribution is 0.173. The topological polar surface area (TPSA) is 67.4 Å². The largest absolute Gasteiger partial charge is 0.454 e. The van der Waals surface area contributed by atoms with Crippen LogP contribution in [-0.2, 0) is 0 Å². The van der Waals surface area contributed by atoms with Gasteiger partial charge in [-0.15, -0.1) is 0 Å². The van der Waals surface area contributed by atoms with Gasteiger partial charge in [0, 0.05) is 26.4 Å². The molecule has 1 aliphatic rings. The van der Waals surface area contributed by atoms with Gasteiger partial charge in [-0.05, 0) is 54.1 Å². The van der Waals surface area contributed by atoms with Crippen molar-refractivity contribution in [3.63, 3.8) is 0 Å². The van der Waals surface area contributed by atoms with Gasteiger partial charge in [0.25, 0.3) is 0 Å². The molecule has 0 saturated carbocycles. The molecule has 2 aromatic carbocycles. The standard InChI is InChI=1S/C21H15ClN2O3S/c22-13-4-6-14(7-5-13)28-20-15-2-1-9-23-21(15)24-18(20)19(25)12-3-8-16-17(10-12)27-11-26-16/h1-10,19,25H,11H2,(H,23,24). The van der Waals surface area contributed by atoms with Gasteiger partial charge in [-0.3, -0.25) is 0 Å². The summed E-state index contributed by atoms with van der Waals surface area (Å²) >= 11 is 7.57. The molecule has 1 unspecified atom stereocenters. The maximum Gasteiger partial charge on any atom is 0.231 e. The SMILES string of the molecule is OC(c1ccc2c(c1)OCO2)c1[nH]c2ncccc2c1Sc1ccc(Cl)cc1. The number of rotatable bonds is 4. The monoisotopic (exact) mass is 410 g/mol. The van der Waals surface area contributed by atoms with Crippen LogP contribution < -0.4 is 9.47 Å². The van der Waals surface area contributed by atoms with Crippen LogP contribution in [0.2, 0.25) is 5.02 Å². The highest BCUT2D eigenvalue weighted by molar-refractivity contribution is 7.99. The zero-order chi connectivity index (χ0) is 19.1. The Balaban J connectivity index is 1.59. The van der Waals surface area contributed by atoms with Crippen LogP contribution in [0.3, 0.4) is 0 Å². The zero-order valence-corrected chi connectivity index (χ0v) is 16.1. The quantitative estimate of drug-likeness (QED) is 0.485. The van der Waals surface area contributed by atoms with Crippen molar-refractivity contribution in [2.45, 2.75) is 15.9 Å². The first kappa shape index (κ1) is 17.4. The number of aliphatic hydroxyl groups is 1. The van der Waals surface area contributed by atoms with Gasteiger partial charge in [0.1, 0.15) is 11.8 Å². The summed E-state index contributed by atoms with van der Waals surface area (Å²) < 4.78 is 10.8. The lowest BCUT2D eigenvalue weighted by atomic mass is 10.1. The van der Waals surface area contributed by atoms with E-state index in [1.807, 2.05) is 54.6 Å². The highest BCUT2D eigenvalue weighted by Gasteiger charge is 2.23. The van der Waals surface area contributed by atoms with E-state index in [0.717, 1.165) is 20.8 Å². The van der Waals surface area contributed by atoms with Crippen LogP contribution in [0.5, 0.6) is 11.5 Å². The summed E-state index contributed by atoms with van der Waals surface area (Å²) in [6, 6.07) is 17.0. The molecule has 4 aromatic rings. The molecule has 140 valence electrons. The van der Waals surface area contributed by atoms with Crippen molar-refractivity contribution in [3.8, 4) is 11.5 Å². The number of halogens is 1. The molecule has 1 atom stereocenters. The van der Waals surface area contributed by atoms with Crippen molar-refractivity contribution in [2.24, 2.45) is 0 Å². The molecule has 28 heavy (non-hydrogen) atoms. The number of hydrogen-bond acceptors (Lipinski definition) is 5. The first-order chi connectivity index (χ1) is 13.7. The van der Waals surface area contributed by atoms with E-state index in [0.29, 0.717) is 27.8 Å². The van der Waals surface area contributed by atoms with E-state index < -0.39 is 6.10 Å². The predicted molar refractivity (Wildman–Crippen MR) is 108 cm³/mol. The van der Waals surface area contributed by atoms with Crippen LogP contribution in [0, 0.1) is 0 Å². The van der Waals surface area contributed by atoms with E-state index in [-0.39, 0.29) is 6.79 Å². The predicted octanol–water partition coefficient (Wildman–Crippen LogP) is 5.18. The van der Waals surface area contributed by atoms with Gasteiger partial charge in [0.15, 0.2) is 11.5 Å². The lowest BCUT2D eigenvalue weighted by Gasteiger charge is -2.13. The van der Waals surface area contributed by atoms with Gasteiger partial charge in [-0.1, -0.05) is 29.4 Å². The van der Waals surface area contributed by atoms with Crippen LogP contribution >= 0.6 is 23.4 Å². The molecule has 0 amide bonds. The number of benzene rings is 2. The number of nitrogens with zero attached hydrogens (tertiary/aromatic N) is 1. The van der Waals surface area contributed by atoms with Gasteiger partial charge in [0.2, 0.25) is 6.79 Å². The number of pyridine rings is 1. The maximum absolute atomic E-state index is 11.1. The average Bonchev–Trinajstić information content (AvgIpc) is 3.33. The number of aliphatic hydroxyl groups excluding tert-OH is 1. The number of hydrogen-bond donors (Lipinski definition) is 2. The molecule has 5 nitrogen and oxygen atoms in total. The number of ether oxygens (including phenoxy) is 2. The molecule has 0 saturated heterocycles. The summed E-state index contributed by atoms with van der Waals surface area (Å²) in [5, 5.41) is 12.8. The zero-order valence-electron chi connectivity index (χ0n) is 14.6. The summed E-state index contributed by atoms with van der Waals surface area (Å²) in [5.41, 5.74) is 2.13. The number of fused-ring (bicyclic) bond motifs is 2. The van der Waals surface area contributed by atoms with Crippen molar-refractivity contribution in [1.82, 2.24) is 9.97 Å². The van der Waals surface area contributed by atoms with Crippen LogP contribution in [-0.4, -0.2) is 21.9 Å². The first-order valence-electron chi connectivity index (χ1n) is 8.66. The van der Waals surface area contributed by atoms with E-state index in [4.69, 9.17) is 21.1 Å². The Morgan fingerprint density at radius 2 is 1.89 bits per heavy atom. The molecule has 7 heteroatoms. The molecule has 2 N–H and O–H groups in total. The Kier molecular flexibility index (Phi) is 4.39. The number of aromatic amines is 1. The van der Waals surface area contributed by atoms with Gasteiger partial charge in [-0.2, -0.15) is 0 Å². The third-order valence-electron chi connectivity index (χ3n) is 4.57. The minimum absolute atomic E-state index is 0.197. The van der Waals surface area contributed by atoms with Gasteiger partial charge in [-0.25, -0.2) is 4.98 Å². The molecule has 0 spiro atoms. The Morgan fingerprint density at radius 3 is 2.75 bits per heavy atom. The van der Waals surface area contributed by atoms with E-state index >= 15 is 0 Å².